The molecule has 4 nitrogen and oxygen atoms in total. The van der Waals surface area contributed by atoms with Crippen LogP contribution in [0.1, 0.15) is 18.0 Å². The molecule has 2 N–H and O–H groups in total. The summed E-state index contributed by atoms with van der Waals surface area (Å²) in [5, 5.41) is 10.4. The van der Waals surface area contributed by atoms with Crippen molar-refractivity contribution >= 4 is 23.5 Å². The lowest BCUT2D eigenvalue weighted by atomic mass is 10.0. The predicted molar refractivity (Wildman–Crippen MR) is 60.6 cm³/mol. The smallest absolute Gasteiger partial charge is 0.471 e. The van der Waals surface area contributed by atoms with Crippen LogP contribution in [-0.2, 0) is 9.59 Å². The van der Waals surface area contributed by atoms with Gasteiger partial charge in [0.15, 0.2) is 0 Å². The maximum Gasteiger partial charge on any atom is 0.471 e. The first-order valence-corrected chi connectivity index (χ1v) is 5.43. The molecular formula is C11H9ClF3NO3. The standard InChI is InChI=1S/C11H9ClF3NO3/c12-7-4-2-1-3-6(7)8(5-9(17)18)16-10(19)11(13,14)15/h1-4,8H,5H2,(H,16,19)(H,17,18). The fourth-order valence-corrected chi connectivity index (χ4v) is 1.68. The molecule has 1 unspecified atom stereocenters. The molecule has 0 aliphatic heterocycles. The first-order valence-electron chi connectivity index (χ1n) is 5.05. The monoisotopic (exact) mass is 295 g/mol. The highest BCUT2D eigenvalue weighted by Gasteiger charge is 2.40. The predicted octanol–water partition coefficient (Wildman–Crippen LogP) is 2.53. The third-order valence-corrected chi connectivity index (χ3v) is 2.57. The lowest BCUT2D eigenvalue weighted by molar-refractivity contribution is -0.174. The van der Waals surface area contributed by atoms with E-state index < -0.39 is 30.5 Å². The van der Waals surface area contributed by atoms with Crippen LogP contribution in [0.15, 0.2) is 24.3 Å². The number of nitrogens with one attached hydrogen (secondary N) is 1. The van der Waals surface area contributed by atoms with Crippen LogP contribution in [-0.4, -0.2) is 23.2 Å². The van der Waals surface area contributed by atoms with Crippen molar-refractivity contribution in [3.05, 3.63) is 34.9 Å². The van der Waals surface area contributed by atoms with Gasteiger partial charge >= 0.3 is 18.1 Å². The maximum atomic E-state index is 12.2. The lowest BCUT2D eigenvalue weighted by Crippen LogP contribution is -2.39. The van der Waals surface area contributed by atoms with Crippen molar-refractivity contribution in [2.24, 2.45) is 0 Å². The number of carbonyl (C=O) groups is 2. The van der Waals surface area contributed by atoms with Gasteiger partial charge in [-0.25, -0.2) is 0 Å². The molecule has 1 aromatic carbocycles. The third kappa shape index (κ3) is 4.44. The normalized spacial score (nSPS) is 12.8. The van der Waals surface area contributed by atoms with E-state index in [0.29, 0.717) is 0 Å². The number of hydrogen-bond donors (Lipinski definition) is 2. The number of carbonyl (C=O) groups excluding carboxylic acids is 1. The Bertz CT molecular complexity index is 490. The molecule has 19 heavy (non-hydrogen) atoms. The van der Waals surface area contributed by atoms with Gasteiger partial charge in [-0.15, -0.1) is 0 Å². The van der Waals surface area contributed by atoms with Gasteiger partial charge in [-0.3, -0.25) is 9.59 Å². The summed E-state index contributed by atoms with van der Waals surface area (Å²) in [6, 6.07) is 4.42. The van der Waals surface area contributed by atoms with E-state index in [9.17, 15) is 22.8 Å². The molecule has 0 saturated heterocycles. The second kappa shape index (κ2) is 5.92. The van der Waals surface area contributed by atoms with Crippen LogP contribution in [0.5, 0.6) is 0 Å². The second-order valence-corrected chi connectivity index (χ2v) is 4.05. The Hall–Kier alpha value is -1.76. The zero-order valence-corrected chi connectivity index (χ0v) is 10.1. The Morgan fingerprint density at radius 3 is 2.37 bits per heavy atom. The molecule has 0 aliphatic carbocycles. The molecule has 8 heteroatoms. The highest BCUT2D eigenvalue weighted by atomic mass is 35.5. The molecular weight excluding hydrogens is 287 g/mol. The van der Waals surface area contributed by atoms with Crippen LogP contribution >= 0.6 is 11.6 Å². The quantitative estimate of drug-likeness (QED) is 0.897. The Kier molecular flexibility index (Phi) is 4.77. The van der Waals surface area contributed by atoms with Crippen LogP contribution in [0, 0.1) is 0 Å². The van der Waals surface area contributed by atoms with Crippen LogP contribution in [0.25, 0.3) is 0 Å². The number of amides is 1. The largest absolute Gasteiger partial charge is 0.481 e. The van der Waals surface area contributed by atoms with Crippen molar-refractivity contribution in [1.29, 1.82) is 0 Å². The Balaban J connectivity index is 3.00. The molecule has 1 aromatic rings. The first-order chi connectivity index (χ1) is 8.71. The number of aliphatic carboxylic acids is 1. The molecule has 1 atom stereocenters. The van der Waals surface area contributed by atoms with E-state index in [1.807, 2.05) is 0 Å². The van der Waals surface area contributed by atoms with Gasteiger partial charge in [-0.1, -0.05) is 29.8 Å². The minimum absolute atomic E-state index is 0.0798. The summed E-state index contributed by atoms with van der Waals surface area (Å²) in [5.41, 5.74) is 0.115. The molecule has 0 bridgehead atoms. The molecule has 0 fully saturated rings. The van der Waals surface area contributed by atoms with E-state index in [1.54, 1.807) is 5.32 Å². The van der Waals surface area contributed by atoms with E-state index in [1.165, 1.54) is 24.3 Å². The van der Waals surface area contributed by atoms with Gasteiger partial charge in [0.25, 0.3) is 0 Å². The Morgan fingerprint density at radius 2 is 1.89 bits per heavy atom. The Morgan fingerprint density at radius 1 is 1.32 bits per heavy atom. The van der Waals surface area contributed by atoms with E-state index in [0.717, 1.165) is 0 Å². The van der Waals surface area contributed by atoms with Gasteiger partial charge in [0, 0.05) is 5.02 Å². The molecule has 0 spiro atoms. The van der Waals surface area contributed by atoms with Gasteiger partial charge in [0.1, 0.15) is 0 Å². The Labute approximate surface area is 111 Å². The molecule has 0 aromatic heterocycles. The average molecular weight is 296 g/mol. The summed E-state index contributed by atoms with van der Waals surface area (Å²) in [5.74, 6) is -3.56. The number of carboxylic acid groups (broad SMARTS) is 1. The van der Waals surface area contributed by atoms with Crippen molar-refractivity contribution in [3.63, 3.8) is 0 Å². The zero-order valence-electron chi connectivity index (χ0n) is 9.37. The third-order valence-electron chi connectivity index (χ3n) is 2.22. The number of halogens is 4. The maximum absolute atomic E-state index is 12.2. The van der Waals surface area contributed by atoms with Gasteiger partial charge < -0.3 is 10.4 Å². The van der Waals surface area contributed by atoms with Gasteiger partial charge in [0.05, 0.1) is 12.5 Å². The van der Waals surface area contributed by atoms with E-state index in [4.69, 9.17) is 16.7 Å². The van der Waals surface area contributed by atoms with Crippen molar-refractivity contribution in [1.82, 2.24) is 5.32 Å². The van der Waals surface area contributed by atoms with Crippen LogP contribution < -0.4 is 5.32 Å². The van der Waals surface area contributed by atoms with Crippen LogP contribution in [0.2, 0.25) is 5.02 Å². The number of rotatable bonds is 4. The molecule has 1 amide bonds. The molecule has 0 aliphatic rings. The second-order valence-electron chi connectivity index (χ2n) is 3.64. The van der Waals surface area contributed by atoms with E-state index in [2.05, 4.69) is 0 Å². The molecule has 0 saturated carbocycles. The SMILES string of the molecule is O=C(O)CC(NC(=O)C(F)(F)F)c1ccccc1Cl. The van der Waals surface area contributed by atoms with Gasteiger partial charge in [0.2, 0.25) is 0 Å². The fraction of sp³-hybridized carbons (Fsp3) is 0.273. The average Bonchev–Trinajstić information content (AvgIpc) is 2.26. The fourth-order valence-electron chi connectivity index (χ4n) is 1.41. The number of hydrogen-bond acceptors (Lipinski definition) is 2. The van der Waals surface area contributed by atoms with Crippen LogP contribution in [0.3, 0.4) is 0 Å². The summed E-state index contributed by atoms with van der Waals surface area (Å²) < 4.78 is 36.5. The summed E-state index contributed by atoms with van der Waals surface area (Å²) in [6.45, 7) is 0. The minimum Gasteiger partial charge on any atom is -0.481 e. The van der Waals surface area contributed by atoms with Crippen molar-refractivity contribution < 1.29 is 27.9 Å². The number of carboxylic acids is 1. The van der Waals surface area contributed by atoms with Gasteiger partial charge in [-0.2, -0.15) is 13.2 Å². The summed E-state index contributed by atoms with van der Waals surface area (Å²) in [6.07, 6.45) is -5.79. The highest BCUT2D eigenvalue weighted by molar-refractivity contribution is 6.31. The topological polar surface area (TPSA) is 66.4 Å². The molecule has 104 valence electrons. The van der Waals surface area contributed by atoms with E-state index in [-0.39, 0.29) is 10.6 Å². The van der Waals surface area contributed by atoms with Crippen molar-refractivity contribution in [2.45, 2.75) is 18.6 Å². The molecule has 1 rings (SSSR count). The number of benzene rings is 1. The van der Waals surface area contributed by atoms with Crippen molar-refractivity contribution in [3.8, 4) is 0 Å². The van der Waals surface area contributed by atoms with Gasteiger partial charge in [-0.05, 0) is 11.6 Å². The van der Waals surface area contributed by atoms with Crippen molar-refractivity contribution in [2.75, 3.05) is 0 Å². The van der Waals surface area contributed by atoms with Crippen LogP contribution in [0.4, 0.5) is 13.2 Å². The zero-order chi connectivity index (χ0) is 14.6. The van der Waals surface area contributed by atoms with E-state index >= 15 is 0 Å². The first kappa shape index (κ1) is 15.3. The number of alkyl halides is 3. The summed E-state index contributed by atoms with van der Waals surface area (Å²) in [7, 11) is 0. The summed E-state index contributed by atoms with van der Waals surface area (Å²) in [4.78, 5) is 21.5. The minimum atomic E-state index is -5.09. The molecule has 0 heterocycles. The highest BCUT2D eigenvalue weighted by Crippen LogP contribution is 2.26. The summed E-state index contributed by atoms with van der Waals surface area (Å²) >= 11 is 5.77. The molecule has 0 radical (unpaired) electrons. The lowest BCUT2D eigenvalue weighted by Gasteiger charge is -2.19.